The van der Waals surface area contributed by atoms with E-state index < -0.39 is 5.97 Å². The van der Waals surface area contributed by atoms with E-state index in [1.807, 2.05) is 0 Å². The van der Waals surface area contributed by atoms with Crippen molar-refractivity contribution in [1.29, 1.82) is 0 Å². The van der Waals surface area contributed by atoms with Gasteiger partial charge in [0.1, 0.15) is 26.1 Å². The molecule has 3 aliphatic carbocycles. The molecule has 0 spiro atoms. The van der Waals surface area contributed by atoms with Crippen molar-refractivity contribution in [3.8, 4) is 0 Å². The third-order valence-corrected chi connectivity index (χ3v) is 7.77. The first kappa shape index (κ1) is 29.1. The number of hydrogen-bond acceptors (Lipinski definition) is 9. The van der Waals surface area contributed by atoms with Crippen molar-refractivity contribution >= 4 is 5.97 Å². The molecule has 1 saturated carbocycles. The van der Waals surface area contributed by atoms with Crippen LogP contribution in [0.1, 0.15) is 46.0 Å². The van der Waals surface area contributed by atoms with Crippen molar-refractivity contribution in [3.63, 3.8) is 0 Å². The van der Waals surface area contributed by atoms with Crippen molar-refractivity contribution in [2.75, 3.05) is 48.3 Å². The maximum atomic E-state index is 13.0. The first-order chi connectivity index (χ1) is 17.4. The van der Waals surface area contributed by atoms with Gasteiger partial charge in [-0.3, -0.25) is 0 Å². The number of fused-ring (bicyclic) bond motifs is 3. The minimum Gasteiger partial charge on any atom is -0.512 e. The lowest BCUT2D eigenvalue weighted by molar-refractivity contribution is -0.139. The van der Waals surface area contributed by atoms with E-state index in [9.17, 15) is 9.90 Å². The van der Waals surface area contributed by atoms with E-state index in [4.69, 9.17) is 33.2 Å². The van der Waals surface area contributed by atoms with Gasteiger partial charge in [-0.15, -0.1) is 0 Å². The number of carbonyl (C=O) groups excluding carboxylic acids is 1. The van der Waals surface area contributed by atoms with Gasteiger partial charge in [0.05, 0.1) is 30.5 Å². The molecule has 1 N–H and O–H groups in total. The summed E-state index contributed by atoms with van der Waals surface area (Å²) in [6.45, 7) is 4.75. The Balaban J connectivity index is 1.97. The maximum Gasteiger partial charge on any atom is 0.337 e. The number of ether oxygens (including phenoxy) is 7. The van der Waals surface area contributed by atoms with Gasteiger partial charge in [0.2, 0.25) is 0 Å². The van der Waals surface area contributed by atoms with Gasteiger partial charge in [-0.25, -0.2) is 4.79 Å². The normalized spacial score (nSPS) is 36.8. The van der Waals surface area contributed by atoms with Gasteiger partial charge in [-0.05, 0) is 49.9 Å². The van der Waals surface area contributed by atoms with Crippen LogP contribution < -0.4 is 0 Å². The van der Waals surface area contributed by atoms with Gasteiger partial charge in [-0.1, -0.05) is 19.1 Å². The van der Waals surface area contributed by atoms with Crippen molar-refractivity contribution in [3.05, 3.63) is 23.5 Å². The van der Waals surface area contributed by atoms with E-state index >= 15 is 0 Å². The highest BCUT2D eigenvalue weighted by Gasteiger charge is 2.49. The molecule has 9 nitrogen and oxygen atoms in total. The molecule has 1 fully saturated rings. The summed E-state index contributed by atoms with van der Waals surface area (Å²) in [7, 11) is 4.79. The van der Waals surface area contributed by atoms with Gasteiger partial charge < -0.3 is 38.3 Å². The van der Waals surface area contributed by atoms with Crippen LogP contribution in [0.3, 0.4) is 0 Å². The fourth-order valence-corrected chi connectivity index (χ4v) is 6.24. The monoisotopic (exact) mass is 512 g/mol. The predicted octanol–water partition coefficient (Wildman–Crippen LogP) is 3.98. The first-order valence-corrected chi connectivity index (χ1v) is 13.0. The molecule has 0 bridgehead atoms. The van der Waals surface area contributed by atoms with Crippen LogP contribution in [0.15, 0.2) is 23.5 Å². The minimum atomic E-state index is -0.462. The Labute approximate surface area is 215 Å². The topological polar surface area (TPSA) is 102 Å². The Morgan fingerprint density at radius 2 is 1.56 bits per heavy atom. The van der Waals surface area contributed by atoms with E-state index in [1.165, 1.54) is 0 Å². The molecule has 0 aromatic heterocycles. The quantitative estimate of drug-likeness (QED) is 0.250. The van der Waals surface area contributed by atoms with Crippen LogP contribution in [-0.4, -0.2) is 77.7 Å². The average molecular weight is 513 g/mol. The van der Waals surface area contributed by atoms with E-state index in [0.29, 0.717) is 30.3 Å². The minimum absolute atomic E-state index is 0.0185. The third kappa shape index (κ3) is 7.30. The zero-order chi connectivity index (χ0) is 26.1. The molecule has 0 aromatic carbocycles. The summed E-state index contributed by atoms with van der Waals surface area (Å²) in [6, 6.07) is 0. The van der Waals surface area contributed by atoms with E-state index in [2.05, 4.69) is 19.1 Å². The number of aliphatic hydroxyl groups is 1. The van der Waals surface area contributed by atoms with Crippen molar-refractivity contribution in [2.24, 2.45) is 29.6 Å². The summed E-state index contributed by atoms with van der Waals surface area (Å²) >= 11 is 0. The zero-order valence-corrected chi connectivity index (χ0v) is 22.4. The Morgan fingerprint density at radius 3 is 2.22 bits per heavy atom. The fourth-order valence-electron chi connectivity index (χ4n) is 6.24. The number of carbonyl (C=O) groups is 1. The summed E-state index contributed by atoms with van der Waals surface area (Å²) in [5.74, 6) is 0.717. The van der Waals surface area contributed by atoms with Crippen LogP contribution >= 0.6 is 0 Å². The smallest absolute Gasteiger partial charge is 0.337 e. The van der Waals surface area contributed by atoms with Crippen molar-refractivity contribution in [1.82, 2.24) is 0 Å². The molecule has 0 aliphatic heterocycles. The number of esters is 1. The highest BCUT2D eigenvalue weighted by molar-refractivity contribution is 5.89. The van der Waals surface area contributed by atoms with Crippen LogP contribution in [0.5, 0.6) is 0 Å². The van der Waals surface area contributed by atoms with Crippen LogP contribution in [0.2, 0.25) is 0 Å². The molecule has 3 rings (SSSR count). The molecule has 0 heterocycles. The molecule has 206 valence electrons. The van der Waals surface area contributed by atoms with Crippen LogP contribution in [0.4, 0.5) is 0 Å². The Hall–Kier alpha value is -1.49. The summed E-state index contributed by atoms with van der Waals surface area (Å²) < 4.78 is 38.9. The second kappa shape index (κ2) is 14.4. The highest BCUT2D eigenvalue weighted by Crippen LogP contribution is 2.51. The van der Waals surface area contributed by atoms with Gasteiger partial charge in [-0.2, -0.15) is 0 Å². The SMILES string of the molecule is CCOC(=O)/C1=C(\O)C[C@H](OCOC)C[C@H](OCOC)C[C@H]2C=C[C@H]3[C@H](C[C@H](C)[C@@H]3OCOC)[C@H]2C1. The predicted molar refractivity (Wildman–Crippen MR) is 132 cm³/mol. The Morgan fingerprint density at radius 1 is 0.889 bits per heavy atom. The third-order valence-electron chi connectivity index (χ3n) is 7.77. The number of aliphatic hydroxyl groups excluding tert-OH is 1. The van der Waals surface area contributed by atoms with Crippen LogP contribution in [-0.2, 0) is 38.0 Å². The largest absolute Gasteiger partial charge is 0.512 e. The molecular weight excluding hydrogens is 468 g/mol. The van der Waals surface area contributed by atoms with Crippen LogP contribution in [0.25, 0.3) is 0 Å². The first-order valence-electron chi connectivity index (χ1n) is 13.0. The summed E-state index contributed by atoms with van der Waals surface area (Å²) in [5, 5.41) is 11.2. The molecule has 0 amide bonds. The fraction of sp³-hybridized carbons (Fsp3) is 0.815. The molecule has 8 atom stereocenters. The lowest BCUT2D eigenvalue weighted by Crippen LogP contribution is -2.37. The highest BCUT2D eigenvalue weighted by atomic mass is 16.7. The van der Waals surface area contributed by atoms with Crippen LogP contribution in [0, 0.1) is 29.6 Å². The number of allylic oxidation sites excluding steroid dienone is 1. The number of rotatable bonds is 11. The van der Waals surface area contributed by atoms with E-state index in [1.54, 1.807) is 28.3 Å². The maximum absolute atomic E-state index is 13.0. The van der Waals surface area contributed by atoms with E-state index in [0.717, 1.165) is 12.8 Å². The Bertz CT molecular complexity index is 752. The molecular formula is C27H44O9. The second-order valence-corrected chi connectivity index (χ2v) is 10.1. The summed E-state index contributed by atoms with van der Waals surface area (Å²) in [6.07, 6.45) is 6.94. The van der Waals surface area contributed by atoms with Gasteiger partial charge in [0.25, 0.3) is 0 Å². The molecule has 0 radical (unpaired) electrons. The lowest BCUT2D eigenvalue weighted by atomic mass is 9.67. The van der Waals surface area contributed by atoms with Gasteiger partial charge in [0.15, 0.2) is 0 Å². The van der Waals surface area contributed by atoms with Gasteiger partial charge in [0, 0.05) is 40.1 Å². The lowest BCUT2D eigenvalue weighted by Gasteiger charge is -2.40. The summed E-state index contributed by atoms with van der Waals surface area (Å²) in [5.41, 5.74) is 0.345. The molecule has 36 heavy (non-hydrogen) atoms. The van der Waals surface area contributed by atoms with E-state index in [-0.39, 0.29) is 75.2 Å². The number of methoxy groups -OCH3 is 3. The van der Waals surface area contributed by atoms with Crippen molar-refractivity contribution < 1.29 is 43.1 Å². The number of hydrogen-bond donors (Lipinski definition) is 1. The van der Waals surface area contributed by atoms with Gasteiger partial charge >= 0.3 is 5.97 Å². The standard InChI is InChI=1S/C27H44O9/c1-6-33-27(29)24-13-22-18(7-8-21-23(22)9-17(2)26(21)36-16-32-5)10-19(34-14-30-3)11-20(12-25(24)28)35-15-31-4/h7-8,17-23,26,28H,6,9-16H2,1-5H3/b25-24-/t17-,18+,19+,20+,21-,22-,23-,26-/m0/s1. The molecule has 0 saturated heterocycles. The molecule has 3 aliphatic rings. The second-order valence-electron chi connectivity index (χ2n) is 10.1. The molecule has 0 aromatic rings. The molecule has 0 unspecified atom stereocenters. The average Bonchev–Trinajstić information content (AvgIpc) is 3.18. The summed E-state index contributed by atoms with van der Waals surface area (Å²) in [4.78, 5) is 13.0. The van der Waals surface area contributed by atoms with Crippen molar-refractivity contribution in [2.45, 2.75) is 64.3 Å². The molecule has 9 heteroatoms. The zero-order valence-electron chi connectivity index (χ0n) is 22.4. The Kier molecular flexibility index (Phi) is 11.7.